The molecule has 9 nitrogen and oxygen atoms in total. The van der Waals surface area contributed by atoms with Gasteiger partial charge >= 0.3 is 6.01 Å². The highest BCUT2D eigenvalue weighted by Gasteiger charge is 2.17. The fourth-order valence-electron chi connectivity index (χ4n) is 2.47. The van der Waals surface area contributed by atoms with E-state index in [9.17, 15) is 14.4 Å². The molecule has 1 aromatic heterocycles. The number of oxazole rings is 1. The zero-order valence-electron chi connectivity index (χ0n) is 15.7. The van der Waals surface area contributed by atoms with Crippen LogP contribution in [0.2, 0.25) is 0 Å². The summed E-state index contributed by atoms with van der Waals surface area (Å²) in [6.45, 7) is 1.38. The first kappa shape index (κ1) is 19.6. The van der Waals surface area contributed by atoms with Gasteiger partial charge in [-0.3, -0.25) is 19.7 Å². The van der Waals surface area contributed by atoms with Crippen LogP contribution in [0.4, 0.5) is 17.4 Å². The minimum atomic E-state index is -0.577. The molecule has 0 aliphatic carbocycles. The summed E-state index contributed by atoms with van der Waals surface area (Å²) in [4.78, 5) is 39.8. The van der Waals surface area contributed by atoms with Crippen molar-refractivity contribution in [2.45, 2.75) is 6.92 Å². The van der Waals surface area contributed by atoms with E-state index < -0.39 is 11.8 Å². The molecular formula is C20H18N4O5. The molecule has 0 atom stereocenters. The predicted octanol–water partition coefficient (Wildman–Crippen LogP) is 3.15. The molecule has 148 valence electrons. The maximum absolute atomic E-state index is 12.5. The Balaban J connectivity index is 1.72. The number of nitrogens with one attached hydrogen (secondary N) is 3. The van der Waals surface area contributed by atoms with E-state index in [0.717, 1.165) is 6.26 Å². The third kappa shape index (κ3) is 4.98. The van der Waals surface area contributed by atoms with Crippen LogP contribution in [0.1, 0.15) is 27.8 Å². The van der Waals surface area contributed by atoms with Gasteiger partial charge in [0, 0.05) is 18.2 Å². The number of anilines is 3. The summed E-state index contributed by atoms with van der Waals surface area (Å²) in [5.41, 5.74) is 1.21. The minimum Gasteiger partial charge on any atom is -0.495 e. The Labute approximate surface area is 166 Å². The highest BCUT2D eigenvalue weighted by molar-refractivity contribution is 6.05. The lowest BCUT2D eigenvalue weighted by molar-refractivity contribution is -0.114. The second kappa shape index (κ2) is 8.70. The lowest BCUT2D eigenvalue weighted by atomic mass is 10.2. The van der Waals surface area contributed by atoms with Crippen molar-refractivity contribution in [3.8, 4) is 5.75 Å². The van der Waals surface area contributed by atoms with E-state index >= 15 is 0 Å². The van der Waals surface area contributed by atoms with Gasteiger partial charge in [0.25, 0.3) is 11.8 Å². The molecule has 9 heteroatoms. The van der Waals surface area contributed by atoms with Crippen molar-refractivity contribution in [3.63, 3.8) is 0 Å². The summed E-state index contributed by atoms with van der Waals surface area (Å²) in [5, 5.41) is 7.74. The quantitative estimate of drug-likeness (QED) is 0.590. The molecular weight excluding hydrogens is 376 g/mol. The van der Waals surface area contributed by atoms with E-state index in [-0.39, 0.29) is 17.6 Å². The van der Waals surface area contributed by atoms with Gasteiger partial charge in [-0.15, -0.1) is 0 Å². The van der Waals surface area contributed by atoms with Gasteiger partial charge in [-0.25, -0.2) is 0 Å². The molecule has 3 amide bonds. The summed E-state index contributed by atoms with van der Waals surface area (Å²) in [6.07, 6.45) is 1.13. The van der Waals surface area contributed by atoms with E-state index in [1.807, 2.05) is 0 Å². The number of carbonyl (C=O) groups is 3. The molecule has 29 heavy (non-hydrogen) atoms. The molecule has 0 radical (unpaired) electrons. The van der Waals surface area contributed by atoms with Crippen LogP contribution < -0.4 is 20.7 Å². The maximum Gasteiger partial charge on any atom is 0.302 e. The van der Waals surface area contributed by atoms with Crippen molar-refractivity contribution < 1.29 is 23.5 Å². The Morgan fingerprint density at radius 3 is 2.41 bits per heavy atom. The minimum absolute atomic E-state index is 0.0413. The van der Waals surface area contributed by atoms with Crippen molar-refractivity contribution in [1.29, 1.82) is 0 Å². The summed E-state index contributed by atoms with van der Waals surface area (Å²) in [7, 11) is 1.45. The number of ether oxygens (including phenoxy) is 1. The normalized spacial score (nSPS) is 10.1. The predicted molar refractivity (Wildman–Crippen MR) is 106 cm³/mol. The lowest BCUT2D eigenvalue weighted by Crippen LogP contribution is -2.15. The molecule has 2 aromatic carbocycles. The first-order valence-electron chi connectivity index (χ1n) is 8.55. The zero-order chi connectivity index (χ0) is 20.8. The Kier molecular flexibility index (Phi) is 5.88. The average Bonchev–Trinajstić information content (AvgIpc) is 3.17. The van der Waals surface area contributed by atoms with Crippen LogP contribution in [0.3, 0.4) is 0 Å². The monoisotopic (exact) mass is 394 g/mol. The number of hydrogen-bond acceptors (Lipinski definition) is 6. The van der Waals surface area contributed by atoms with Crippen LogP contribution in [0, 0.1) is 0 Å². The number of methoxy groups -OCH3 is 1. The number of benzene rings is 2. The third-order valence-electron chi connectivity index (χ3n) is 3.76. The van der Waals surface area contributed by atoms with E-state index in [1.165, 1.54) is 14.0 Å². The highest BCUT2D eigenvalue weighted by atomic mass is 16.5. The standard InChI is InChI=1S/C20H18N4O5/c1-12(25)21-14-8-9-17(28-2)15(10-14)22-19(27)16-11-29-20(23-16)24-18(26)13-6-4-3-5-7-13/h3-11H,1-2H3,(H,21,25)(H,22,27)(H,23,24,26). The molecule has 3 aromatic rings. The molecule has 3 N–H and O–H groups in total. The Bertz CT molecular complexity index is 1050. The molecule has 0 unspecified atom stereocenters. The summed E-state index contributed by atoms with van der Waals surface area (Å²) in [5.74, 6) is -0.840. The lowest BCUT2D eigenvalue weighted by Gasteiger charge is -2.11. The smallest absolute Gasteiger partial charge is 0.302 e. The van der Waals surface area contributed by atoms with Crippen molar-refractivity contribution in [1.82, 2.24) is 4.98 Å². The Hall–Kier alpha value is -4.14. The topological polar surface area (TPSA) is 123 Å². The SMILES string of the molecule is COc1ccc(NC(C)=O)cc1NC(=O)c1coc(NC(=O)c2ccccc2)n1. The largest absolute Gasteiger partial charge is 0.495 e. The van der Waals surface area contributed by atoms with Crippen molar-refractivity contribution in [2.24, 2.45) is 0 Å². The van der Waals surface area contributed by atoms with Gasteiger partial charge in [0.1, 0.15) is 12.0 Å². The Morgan fingerprint density at radius 1 is 0.966 bits per heavy atom. The fourth-order valence-corrected chi connectivity index (χ4v) is 2.47. The van der Waals surface area contributed by atoms with Crippen molar-refractivity contribution in [2.75, 3.05) is 23.1 Å². The number of hydrogen-bond donors (Lipinski definition) is 3. The van der Waals surface area contributed by atoms with E-state index in [2.05, 4.69) is 20.9 Å². The average molecular weight is 394 g/mol. The number of rotatable bonds is 6. The molecule has 0 fully saturated rings. The molecule has 0 saturated heterocycles. The van der Waals surface area contributed by atoms with E-state index in [0.29, 0.717) is 22.7 Å². The molecule has 0 aliphatic rings. The molecule has 0 saturated carbocycles. The van der Waals surface area contributed by atoms with Crippen LogP contribution >= 0.6 is 0 Å². The molecule has 0 aliphatic heterocycles. The molecule has 0 bridgehead atoms. The van der Waals surface area contributed by atoms with Crippen LogP contribution in [-0.4, -0.2) is 29.8 Å². The Morgan fingerprint density at radius 2 is 1.72 bits per heavy atom. The van der Waals surface area contributed by atoms with Gasteiger partial charge in [0.15, 0.2) is 5.69 Å². The zero-order valence-corrected chi connectivity index (χ0v) is 15.7. The van der Waals surface area contributed by atoms with E-state index in [1.54, 1.807) is 48.5 Å². The number of aromatic nitrogens is 1. The second-order valence-electron chi connectivity index (χ2n) is 5.91. The number of amides is 3. The van der Waals surface area contributed by atoms with E-state index in [4.69, 9.17) is 9.15 Å². The van der Waals surface area contributed by atoms with Crippen LogP contribution in [0.25, 0.3) is 0 Å². The third-order valence-corrected chi connectivity index (χ3v) is 3.76. The van der Waals surface area contributed by atoms with Gasteiger partial charge in [-0.05, 0) is 30.3 Å². The van der Waals surface area contributed by atoms with Crippen LogP contribution in [0.5, 0.6) is 5.75 Å². The van der Waals surface area contributed by atoms with Crippen LogP contribution in [0.15, 0.2) is 59.2 Å². The summed E-state index contributed by atoms with van der Waals surface area (Å²) >= 11 is 0. The molecule has 1 heterocycles. The maximum atomic E-state index is 12.5. The van der Waals surface area contributed by atoms with Gasteiger partial charge in [-0.1, -0.05) is 18.2 Å². The number of carbonyl (C=O) groups excluding carboxylic acids is 3. The van der Waals surface area contributed by atoms with Crippen molar-refractivity contribution in [3.05, 3.63) is 66.1 Å². The first-order chi connectivity index (χ1) is 14.0. The fraction of sp³-hybridized carbons (Fsp3) is 0.100. The van der Waals surface area contributed by atoms with Crippen molar-refractivity contribution >= 4 is 35.1 Å². The molecule has 0 spiro atoms. The van der Waals surface area contributed by atoms with Gasteiger partial charge in [0.05, 0.1) is 12.8 Å². The van der Waals surface area contributed by atoms with Gasteiger partial charge in [-0.2, -0.15) is 4.98 Å². The van der Waals surface area contributed by atoms with Crippen LogP contribution in [-0.2, 0) is 4.79 Å². The van der Waals surface area contributed by atoms with Gasteiger partial charge < -0.3 is 19.8 Å². The highest BCUT2D eigenvalue weighted by Crippen LogP contribution is 2.28. The second-order valence-corrected chi connectivity index (χ2v) is 5.91. The first-order valence-corrected chi connectivity index (χ1v) is 8.55. The number of nitrogens with zero attached hydrogens (tertiary/aromatic N) is 1. The summed E-state index contributed by atoms with van der Waals surface area (Å²) in [6, 6.07) is 13.2. The summed E-state index contributed by atoms with van der Waals surface area (Å²) < 4.78 is 10.4. The van der Waals surface area contributed by atoms with Gasteiger partial charge in [0.2, 0.25) is 5.91 Å². The molecule has 3 rings (SSSR count).